The Morgan fingerprint density at radius 3 is 1.39 bits per heavy atom. The summed E-state index contributed by atoms with van der Waals surface area (Å²) in [6.07, 6.45) is 0. The van der Waals surface area contributed by atoms with E-state index in [1.54, 1.807) is 0 Å². The minimum atomic E-state index is -0.0157. The Morgan fingerprint density at radius 2 is 0.815 bits per heavy atom. The van der Waals surface area contributed by atoms with Crippen LogP contribution in [0.5, 0.6) is 0 Å². The molecule has 0 aliphatic heterocycles. The van der Waals surface area contributed by atoms with Gasteiger partial charge in [0.15, 0.2) is 0 Å². The SMILES string of the molecule is Cc1ccc2c(c1)C(C)(C)c1ccc(-c3ccc4c(c3)c3cc(-c5ccc6c(c5)c5ccccc5n6-c5ccccc5)ccc3n4-c3ccccc3)cc1-2. The highest BCUT2D eigenvalue weighted by molar-refractivity contribution is 6.13. The molecule has 0 saturated carbocycles. The minimum Gasteiger partial charge on any atom is -0.309 e. The highest BCUT2D eigenvalue weighted by atomic mass is 15.0. The number of fused-ring (bicyclic) bond motifs is 9. The number of hydrogen-bond donors (Lipinski definition) is 0. The average Bonchev–Trinajstić information content (AvgIpc) is 3.80. The molecule has 2 nitrogen and oxygen atoms in total. The maximum Gasteiger partial charge on any atom is 0.0541 e. The lowest BCUT2D eigenvalue weighted by Gasteiger charge is -2.21. The molecule has 0 atom stereocenters. The number of benzene rings is 8. The largest absolute Gasteiger partial charge is 0.309 e. The fraction of sp³-hybridized carbons (Fsp3) is 0.0769. The maximum atomic E-state index is 2.42. The molecule has 0 bridgehead atoms. The fourth-order valence-electron chi connectivity index (χ4n) is 9.29. The molecule has 0 radical (unpaired) electrons. The number of aryl methyl sites for hydroxylation is 1. The van der Waals surface area contributed by atoms with Crippen molar-refractivity contribution in [3.63, 3.8) is 0 Å². The first-order chi connectivity index (χ1) is 26.4. The molecule has 1 aliphatic rings. The van der Waals surface area contributed by atoms with Crippen LogP contribution in [0.25, 0.3) is 88.4 Å². The van der Waals surface area contributed by atoms with Gasteiger partial charge < -0.3 is 9.13 Å². The zero-order valence-electron chi connectivity index (χ0n) is 30.6. The summed E-state index contributed by atoms with van der Waals surface area (Å²) < 4.78 is 4.80. The topological polar surface area (TPSA) is 9.86 Å². The van der Waals surface area contributed by atoms with Gasteiger partial charge in [-0.2, -0.15) is 0 Å². The summed E-state index contributed by atoms with van der Waals surface area (Å²) in [5.74, 6) is 0. The lowest BCUT2D eigenvalue weighted by atomic mass is 9.82. The first-order valence-electron chi connectivity index (χ1n) is 18.9. The minimum absolute atomic E-state index is 0.0157. The van der Waals surface area contributed by atoms with Crippen molar-refractivity contribution in [3.8, 4) is 44.8 Å². The number of nitrogens with zero attached hydrogens (tertiary/aromatic N) is 2. The molecule has 2 heterocycles. The van der Waals surface area contributed by atoms with Crippen LogP contribution in [-0.4, -0.2) is 9.13 Å². The second-order valence-electron chi connectivity index (χ2n) is 15.5. The molecule has 2 heteroatoms. The third-order valence-corrected chi connectivity index (χ3v) is 12.0. The van der Waals surface area contributed by atoms with E-state index < -0.39 is 0 Å². The van der Waals surface area contributed by atoms with Gasteiger partial charge in [0.05, 0.1) is 22.1 Å². The maximum absolute atomic E-state index is 2.42. The molecule has 256 valence electrons. The van der Waals surface area contributed by atoms with Crippen LogP contribution in [0, 0.1) is 6.92 Å². The Kier molecular flexibility index (Phi) is 6.55. The second-order valence-corrected chi connectivity index (χ2v) is 15.5. The lowest BCUT2D eigenvalue weighted by molar-refractivity contribution is 0.660. The number of aromatic nitrogens is 2. The molecule has 0 unspecified atom stereocenters. The Bertz CT molecular complexity index is 3120. The highest BCUT2D eigenvalue weighted by Crippen LogP contribution is 2.50. The van der Waals surface area contributed by atoms with Crippen LogP contribution in [-0.2, 0) is 5.41 Å². The van der Waals surface area contributed by atoms with Crippen LogP contribution in [0.4, 0.5) is 0 Å². The van der Waals surface area contributed by atoms with Gasteiger partial charge in [-0.25, -0.2) is 0 Å². The summed E-state index contributed by atoms with van der Waals surface area (Å²) in [6.45, 7) is 6.91. The van der Waals surface area contributed by atoms with Crippen molar-refractivity contribution in [2.45, 2.75) is 26.2 Å². The molecule has 11 rings (SSSR count). The van der Waals surface area contributed by atoms with Crippen LogP contribution >= 0.6 is 0 Å². The van der Waals surface area contributed by atoms with Gasteiger partial charge in [0.25, 0.3) is 0 Å². The van der Waals surface area contributed by atoms with Crippen LogP contribution < -0.4 is 0 Å². The van der Waals surface area contributed by atoms with Gasteiger partial charge in [-0.3, -0.25) is 0 Å². The Morgan fingerprint density at radius 1 is 0.352 bits per heavy atom. The average molecular weight is 691 g/mol. The predicted molar refractivity (Wildman–Crippen MR) is 228 cm³/mol. The van der Waals surface area contributed by atoms with Gasteiger partial charge in [0.2, 0.25) is 0 Å². The Balaban J connectivity index is 1.10. The summed E-state index contributed by atoms with van der Waals surface area (Å²) in [6, 6.07) is 65.2. The van der Waals surface area contributed by atoms with Gasteiger partial charge in [0.1, 0.15) is 0 Å². The molecular weight excluding hydrogens is 653 g/mol. The fourth-order valence-corrected chi connectivity index (χ4v) is 9.29. The van der Waals surface area contributed by atoms with Crippen molar-refractivity contribution in [2.24, 2.45) is 0 Å². The molecule has 2 aromatic heterocycles. The van der Waals surface area contributed by atoms with E-state index in [4.69, 9.17) is 0 Å². The number of rotatable bonds is 4. The molecule has 0 saturated heterocycles. The van der Waals surface area contributed by atoms with Crippen molar-refractivity contribution in [1.29, 1.82) is 0 Å². The predicted octanol–water partition coefficient (Wildman–Crippen LogP) is 13.8. The third-order valence-electron chi connectivity index (χ3n) is 12.0. The van der Waals surface area contributed by atoms with Crippen molar-refractivity contribution in [3.05, 3.63) is 193 Å². The summed E-state index contributed by atoms with van der Waals surface area (Å²) in [7, 11) is 0. The first kappa shape index (κ1) is 30.9. The molecule has 1 aliphatic carbocycles. The highest BCUT2D eigenvalue weighted by Gasteiger charge is 2.35. The Hall–Kier alpha value is -6.64. The normalized spacial score (nSPS) is 13.2. The van der Waals surface area contributed by atoms with E-state index in [9.17, 15) is 0 Å². The Labute approximate surface area is 315 Å². The van der Waals surface area contributed by atoms with Gasteiger partial charge >= 0.3 is 0 Å². The van der Waals surface area contributed by atoms with E-state index >= 15 is 0 Å². The summed E-state index contributed by atoms with van der Waals surface area (Å²) >= 11 is 0. The van der Waals surface area contributed by atoms with E-state index in [0.717, 1.165) is 0 Å². The van der Waals surface area contributed by atoms with E-state index in [1.165, 1.54) is 105 Å². The molecule has 10 aromatic rings. The van der Waals surface area contributed by atoms with Crippen LogP contribution in [0.3, 0.4) is 0 Å². The van der Waals surface area contributed by atoms with E-state index in [2.05, 4.69) is 206 Å². The zero-order chi connectivity index (χ0) is 36.1. The van der Waals surface area contributed by atoms with E-state index in [1.807, 2.05) is 0 Å². The number of para-hydroxylation sites is 3. The van der Waals surface area contributed by atoms with Crippen molar-refractivity contribution in [1.82, 2.24) is 9.13 Å². The first-order valence-corrected chi connectivity index (χ1v) is 18.9. The van der Waals surface area contributed by atoms with E-state index in [-0.39, 0.29) is 5.41 Å². The molecule has 0 N–H and O–H groups in total. The van der Waals surface area contributed by atoms with Crippen molar-refractivity contribution < 1.29 is 0 Å². The van der Waals surface area contributed by atoms with Crippen LogP contribution in [0.1, 0.15) is 30.5 Å². The van der Waals surface area contributed by atoms with Crippen molar-refractivity contribution in [2.75, 3.05) is 0 Å². The third kappa shape index (κ3) is 4.47. The molecular formula is C52H38N2. The van der Waals surface area contributed by atoms with Gasteiger partial charge in [0, 0.05) is 38.3 Å². The number of hydrogen-bond acceptors (Lipinski definition) is 0. The molecule has 0 amide bonds. The standard InChI is InChI=1S/C52H38N2/c1-33-18-23-40-42-29-34(19-24-46(42)52(2,3)47(40)28-33)36-21-26-50-44(31-36)45-32-37(22-27-51(45)54(50)39-14-8-5-9-15-39)35-20-25-49-43(30-35)41-16-10-11-17-48(41)53(49)38-12-6-4-7-13-38/h4-32H,1-3H3. The van der Waals surface area contributed by atoms with Gasteiger partial charge in [-0.15, -0.1) is 0 Å². The summed E-state index contributed by atoms with van der Waals surface area (Å²) in [5.41, 5.74) is 18.9. The van der Waals surface area contributed by atoms with Crippen LogP contribution in [0.15, 0.2) is 176 Å². The monoisotopic (exact) mass is 690 g/mol. The lowest BCUT2D eigenvalue weighted by Crippen LogP contribution is -2.15. The van der Waals surface area contributed by atoms with Gasteiger partial charge in [-0.1, -0.05) is 123 Å². The molecule has 54 heavy (non-hydrogen) atoms. The van der Waals surface area contributed by atoms with Crippen LogP contribution in [0.2, 0.25) is 0 Å². The van der Waals surface area contributed by atoms with Crippen molar-refractivity contribution >= 4 is 43.6 Å². The zero-order valence-corrected chi connectivity index (χ0v) is 30.6. The summed E-state index contributed by atoms with van der Waals surface area (Å²) in [4.78, 5) is 0. The molecule has 0 fully saturated rings. The van der Waals surface area contributed by atoms with Gasteiger partial charge in [-0.05, 0) is 124 Å². The van der Waals surface area contributed by atoms with E-state index in [0.29, 0.717) is 0 Å². The summed E-state index contributed by atoms with van der Waals surface area (Å²) in [5, 5.41) is 5.03. The quantitative estimate of drug-likeness (QED) is 0.174. The smallest absolute Gasteiger partial charge is 0.0541 e. The molecule has 8 aromatic carbocycles. The second kappa shape index (κ2) is 11.4. The molecule has 0 spiro atoms.